The molecule has 2 amide bonds. The van der Waals surface area contributed by atoms with Crippen molar-refractivity contribution in [2.45, 2.75) is 32.4 Å². The summed E-state index contributed by atoms with van der Waals surface area (Å²) in [6, 6.07) is 3.65. The van der Waals surface area contributed by atoms with Crippen molar-refractivity contribution in [3.8, 4) is 0 Å². The summed E-state index contributed by atoms with van der Waals surface area (Å²) in [5, 5.41) is 0. The van der Waals surface area contributed by atoms with E-state index < -0.39 is 0 Å². The molecule has 0 saturated carbocycles. The van der Waals surface area contributed by atoms with Gasteiger partial charge in [0.05, 0.1) is 31.4 Å². The van der Waals surface area contributed by atoms with Crippen LogP contribution in [0.1, 0.15) is 25.5 Å². The number of carbonyl (C=O) groups excluding carboxylic acids is 2. The molecule has 2 aliphatic rings. The summed E-state index contributed by atoms with van der Waals surface area (Å²) in [5.74, 6) is 0.615. The number of morpholine rings is 1. The standard InChI is InChI=1S/C16H22N2O4/c1-2-13-10-17(5-7-22-13)16(20)12-8-15(19)18(9-12)11-14-4-3-6-21-14/h3-4,6,12-13H,2,5,7-11H2,1H3/t12-,13+/m1/s1. The topological polar surface area (TPSA) is 63.0 Å². The molecule has 6 nitrogen and oxygen atoms in total. The van der Waals surface area contributed by atoms with Gasteiger partial charge in [-0.3, -0.25) is 9.59 Å². The van der Waals surface area contributed by atoms with Gasteiger partial charge in [0.2, 0.25) is 11.8 Å². The first-order valence-corrected chi connectivity index (χ1v) is 7.88. The molecular formula is C16H22N2O4. The molecule has 22 heavy (non-hydrogen) atoms. The highest BCUT2D eigenvalue weighted by Gasteiger charge is 2.37. The van der Waals surface area contributed by atoms with Crippen molar-refractivity contribution in [1.29, 1.82) is 0 Å². The lowest BCUT2D eigenvalue weighted by Crippen LogP contribution is -2.48. The maximum absolute atomic E-state index is 12.6. The first kappa shape index (κ1) is 15.1. The van der Waals surface area contributed by atoms with E-state index in [9.17, 15) is 9.59 Å². The molecule has 2 atom stereocenters. The number of nitrogens with zero attached hydrogens (tertiary/aromatic N) is 2. The van der Waals surface area contributed by atoms with Crippen LogP contribution in [0.2, 0.25) is 0 Å². The van der Waals surface area contributed by atoms with Crippen LogP contribution in [0.4, 0.5) is 0 Å². The summed E-state index contributed by atoms with van der Waals surface area (Å²) in [5.41, 5.74) is 0. The molecule has 0 aliphatic carbocycles. The van der Waals surface area contributed by atoms with Gasteiger partial charge in [0, 0.05) is 26.1 Å². The van der Waals surface area contributed by atoms with E-state index in [1.54, 1.807) is 17.2 Å². The lowest BCUT2D eigenvalue weighted by atomic mass is 10.1. The Balaban J connectivity index is 1.58. The molecule has 6 heteroatoms. The largest absolute Gasteiger partial charge is 0.467 e. The monoisotopic (exact) mass is 306 g/mol. The summed E-state index contributed by atoms with van der Waals surface area (Å²) in [6.45, 7) is 4.82. The number of carbonyl (C=O) groups is 2. The summed E-state index contributed by atoms with van der Waals surface area (Å²) >= 11 is 0. The lowest BCUT2D eigenvalue weighted by molar-refractivity contribution is -0.143. The molecule has 2 fully saturated rings. The number of ether oxygens (including phenoxy) is 1. The van der Waals surface area contributed by atoms with Crippen LogP contribution >= 0.6 is 0 Å². The lowest BCUT2D eigenvalue weighted by Gasteiger charge is -2.34. The molecular weight excluding hydrogens is 284 g/mol. The number of likely N-dealkylation sites (tertiary alicyclic amines) is 1. The molecule has 3 rings (SSSR count). The van der Waals surface area contributed by atoms with Crippen molar-refractivity contribution in [3.63, 3.8) is 0 Å². The van der Waals surface area contributed by atoms with Crippen molar-refractivity contribution < 1.29 is 18.7 Å². The molecule has 120 valence electrons. The quantitative estimate of drug-likeness (QED) is 0.840. The Morgan fingerprint density at radius 1 is 1.41 bits per heavy atom. The smallest absolute Gasteiger partial charge is 0.228 e. The fraction of sp³-hybridized carbons (Fsp3) is 0.625. The van der Waals surface area contributed by atoms with E-state index in [1.165, 1.54) is 0 Å². The van der Waals surface area contributed by atoms with Gasteiger partial charge >= 0.3 is 0 Å². The summed E-state index contributed by atoms with van der Waals surface area (Å²) in [6.07, 6.45) is 2.91. The number of hydrogen-bond donors (Lipinski definition) is 0. The van der Waals surface area contributed by atoms with Crippen LogP contribution in [0.25, 0.3) is 0 Å². The van der Waals surface area contributed by atoms with E-state index in [0.717, 1.165) is 12.2 Å². The fourth-order valence-electron chi connectivity index (χ4n) is 3.11. The van der Waals surface area contributed by atoms with Gasteiger partial charge in [-0.15, -0.1) is 0 Å². The van der Waals surface area contributed by atoms with Crippen molar-refractivity contribution in [3.05, 3.63) is 24.2 Å². The third kappa shape index (κ3) is 3.16. The van der Waals surface area contributed by atoms with Gasteiger partial charge in [0.15, 0.2) is 0 Å². The van der Waals surface area contributed by atoms with Crippen molar-refractivity contribution in [2.24, 2.45) is 5.92 Å². The van der Waals surface area contributed by atoms with Crippen molar-refractivity contribution in [1.82, 2.24) is 9.80 Å². The Morgan fingerprint density at radius 2 is 2.27 bits per heavy atom. The molecule has 2 aliphatic heterocycles. The predicted molar refractivity (Wildman–Crippen MR) is 78.8 cm³/mol. The Morgan fingerprint density at radius 3 is 3.00 bits per heavy atom. The molecule has 1 aromatic rings. The third-order valence-electron chi connectivity index (χ3n) is 4.40. The minimum Gasteiger partial charge on any atom is -0.467 e. The molecule has 0 radical (unpaired) electrons. The van der Waals surface area contributed by atoms with Crippen LogP contribution in [-0.2, 0) is 20.9 Å². The first-order chi connectivity index (χ1) is 10.7. The maximum Gasteiger partial charge on any atom is 0.228 e. The van der Waals surface area contributed by atoms with Gasteiger partial charge in [-0.1, -0.05) is 6.92 Å². The van der Waals surface area contributed by atoms with Crippen molar-refractivity contribution >= 4 is 11.8 Å². The third-order valence-corrected chi connectivity index (χ3v) is 4.40. The second-order valence-electron chi connectivity index (χ2n) is 5.94. The van der Waals surface area contributed by atoms with E-state index in [-0.39, 0.29) is 23.8 Å². The van der Waals surface area contributed by atoms with Gasteiger partial charge < -0.3 is 19.0 Å². The summed E-state index contributed by atoms with van der Waals surface area (Å²) in [4.78, 5) is 28.3. The van der Waals surface area contributed by atoms with Crippen LogP contribution in [0.3, 0.4) is 0 Å². The van der Waals surface area contributed by atoms with E-state index in [1.807, 2.05) is 11.0 Å². The highest BCUT2D eigenvalue weighted by atomic mass is 16.5. The molecule has 0 unspecified atom stereocenters. The Hall–Kier alpha value is -1.82. The molecule has 2 saturated heterocycles. The van der Waals surface area contributed by atoms with E-state index in [4.69, 9.17) is 9.15 Å². The summed E-state index contributed by atoms with van der Waals surface area (Å²) in [7, 11) is 0. The van der Waals surface area contributed by atoms with Gasteiger partial charge in [-0.2, -0.15) is 0 Å². The molecule has 0 spiro atoms. The van der Waals surface area contributed by atoms with E-state index in [2.05, 4.69) is 6.92 Å². The second-order valence-corrected chi connectivity index (χ2v) is 5.94. The zero-order valence-corrected chi connectivity index (χ0v) is 12.9. The first-order valence-electron chi connectivity index (χ1n) is 7.88. The fourth-order valence-corrected chi connectivity index (χ4v) is 3.11. The van der Waals surface area contributed by atoms with Crippen LogP contribution in [0.15, 0.2) is 22.8 Å². The second kappa shape index (κ2) is 6.52. The molecule has 1 aromatic heterocycles. The Kier molecular flexibility index (Phi) is 4.47. The number of furan rings is 1. The maximum atomic E-state index is 12.6. The normalized spacial score (nSPS) is 25.8. The number of rotatable bonds is 4. The summed E-state index contributed by atoms with van der Waals surface area (Å²) < 4.78 is 10.9. The molecule has 0 bridgehead atoms. The van der Waals surface area contributed by atoms with Crippen LogP contribution in [0.5, 0.6) is 0 Å². The average molecular weight is 306 g/mol. The number of hydrogen-bond acceptors (Lipinski definition) is 4. The minimum atomic E-state index is -0.238. The van der Waals surface area contributed by atoms with Crippen LogP contribution in [-0.4, -0.2) is 54.0 Å². The minimum absolute atomic E-state index is 0.0232. The van der Waals surface area contributed by atoms with Gasteiger partial charge in [-0.05, 0) is 18.6 Å². The van der Waals surface area contributed by atoms with E-state index >= 15 is 0 Å². The highest BCUT2D eigenvalue weighted by molar-refractivity contribution is 5.89. The molecule has 0 N–H and O–H groups in total. The van der Waals surface area contributed by atoms with Crippen LogP contribution < -0.4 is 0 Å². The predicted octanol–water partition coefficient (Wildman–Crippen LogP) is 1.27. The van der Waals surface area contributed by atoms with Gasteiger partial charge in [0.1, 0.15) is 5.76 Å². The zero-order chi connectivity index (χ0) is 15.5. The highest BCUT2D eigenvalue weighted by Crippen LogP contribution is 2.23. The molecule has 3 heterocycles. The van der Waals surface area contributed by atoms with E-state index in [0.29, 0.717) is 39.2 Å². The number of amides is 2. The zero-order valence-electron chi connectivity index (χ0n) is 12.9. The molecule has 0 aromatic carbocycles. The Bertz CT molecular complexity index is 528. The SMILES string of the molecule is CC[C@H]1CN(C(=O)[C@@H]2CC(=O)N(Cc3ccco3)C2)CCO1. The van der Waals surface area contributed by atoms with Gasteiger partial charge in [0.25, 0.3) is 0 Å². The van der Waals surface area contributed by atoms with Crippen LogP contribution in [0, 0.1) is 5.92 Å². The Labute approximate surface area is 130 Å². The van der Waals surface area contributed by atoms with Crippen molar-refractivity contribution in [2.75, 3.05) is 26.2 Å². The average Bonchev–Trinajstić information content (AvgIpc) is 3.17. The van der Waals surface area contributed by atoms with Gasteiger partial charge in [-0.25, -0.2) is 0 Å².